The zero-order chi connectivity index (χ0) is 41.5. The van der Waals surface area contributed by atoms with Gasteiger partial charge in [0.25, 0.3) is 0 Å². The second-order valence-electron chi connectivity index (χ2n) is 15.5. The molecule has 0 bridgehead atoms. The minimum Gasteiger partial charge on any atom is -0.500 e. The molecule has 0 spiro atoms. The van der Waals surface area contributed by atoms with Gasteiger partial charge in [-0.3, -0.25) is 4.98 Å². The summed E-state index contributed by atoms with van der Waals surface area (Å²) in [5, 5.41) is 4.46. The second-order valence-corrected chi connectivity index (χ2v) is 15.5. The standard InChI is InChI=1S/C41H33N2O.C12H7F3N.Ir/c1-25(2)34-23-29(27-13-6-5-7-14-27)24-35(26(3)4)38(34)43-37-20-11-10-19-36(37)42-41(43)33-18-12-17-31-32-22-21-28-15-8-9-16-30(28)39(32)44-40(31)33;13-12(14,15)10-6-4-9(5-7-10)11-3-1-2-8-16-11;/h5-17,19-26H,1-4H3;1-4,6-8H;/q2*-1;. The molecule has 0 aliphatic rings. The number of rotatable bonds is 6. The number of hydrogen-bond donors (Lipinski definition) is 0. The summed E-state index contributed by atoms with van der Waals surface area (Å²) in [5.41, 5.74) is 11.3. The quantitative estimate of drug-likeness (QED) is 0.156. The van der Waals surface area contributed by atoms with Crippen LogP contribution in [0.25, 0.3) is 83.2 Å². The molecule has 0 aliphatic carbocycles. The van der Waals surface area contributed by atoms with E-state index in [1.54, 1.807) is 24.4 Å². The molecule has 0 saturated carbocycles. The van der Waals surface area contributed by atoms with Gasteiger partial charge in [0.05, 0.1) is 22.4 Å². The summed E-state index contributed by atoms with van der Waals surface area (Å²) in [6, 6.07) is 55.5. The SMILES string of the molecule is CC(C)c1cc(-c2ccccc2)cc(C(C)C)c1-n1c(-c2[c-]ccc3c2oc2c4ccccc4ccc32)nc2ccccc21.FC(F)(F)c1c[c-]c(-c2ccccn2)cc1.[Ir]. The third-order valence-electron chi connectivity index (χ3n) is 10.9. The third kappa shape index (κ3) is 7.90. The molecule has 3 heterocycles. The maximum Gasteiger partial charge on any atom is 0.381 e. The van der Waals surface area contributed by atoms with Crippen molar-refractivity contribution in [2.45, 2.75) is 45.7 Å². The summed E-state index contributed by atoms with van der Waals surface area (Å²) in [6.07, 6.45) is -2.74. The Balaban J connectivity index is 0.000000255. The molecule has 0 amide bonds. The molecule has 10 rings (SSSR count). The molecule has 7 aromatic carbocycles. The first-order chi connectivity index (χ1) is 29.1. The smallest absolute Gasteiger partial charge is 0.381 e. The Hall–Kier alpha value is -6.34. The van der Waals surface area contributed by atoms with E-state index in [9.17, 15) is 13.2 Å². The molecule has 61 heavy (non-hydrogen) atoms. The van der Waals surface area contributed by atoms with Gasteiger partial charge < -0.3 is 14.0 Å². The van der Waals surface area contributed by atoms with Gasteiger partial charge in [0.1, 0.15) is 5.58 Å². The average molecular weight is 984 g/mol. The molecule has 8 heteroatoms. The van der Waals surface area contributed by atoms with Crippen molar-refractivity contribution in [2.24, 2.45) is 0 Å². The van der Waals surface area contributed by atoms with Crippen molar-refractivity contribution in [1.29, 1.82) is 0 Å². The summed E-state index contributed by atoms with van der Waals surface area (Å²) in [5.74, 6) is 1.42. The molecule has 0 saturated heterocycles. The van der Waals surface area contributed by atoms with E-state index in [1.807, 2.05) is 6.07 Å². The number of fused-ring (bicyclic) bond motifs is 6. The van der Waals surface area contributed by atoms with Gasteiger partial charge in [-0.1, -0.05) is 130 Å². The van der Waals surface area contributed by atoms with Gasteiger partial charge in [-0.25, -0.2) is 0 Å². The molecule has 305 valence electrons. The van der Waals surface area contributed by atoms with Crippen LogP contribution in [0.1, 0.15) is 56.2 Å². The number of alkyl halides is 3. The predicted molar refractivity (Wildman–Crippen MR) is 237 cm³/mol. The number of benzene rings is 7. The van der Waals surface area contributed by atoms with Gasteiger partial charge in [0.2, 0.25) is 0 Å². The van der Waals surface area contributed by atoms with Crippen molar-refractivity contribution in [3.8, 4) is 39.5 Å². The van der Waals surface area contributed by atoms with Crippen molar-refractivity contribution >= 4 is 43.7 Å². The minimum absolute atomic E-state index is 0. The van der Waals surface area contributed by atoms with Crippen LogP contribution in [0.3, 0.4) is 0 Å². The molecule has 4 nitrogen and oxygen atoms in total. The maximum absolute atomic E-state index is 12.3. The fraction of sp³-hybridized carbons (Fsp3) is 0.132. The Morgan fingerprint density at radius 2 is 1.33 bits per heavy atom. The van der Waals surface area contributed by atoms with E-state index in [4.69, 9.17) is 9.40 Å². The molecule has 0 atom stereocenters. The monoisotopic (exact) mass is 984 g/mol. The number of aromatic nitrogens is 3. The zero-order valence-corrected chi connectivity index (χ0v) is 36.3. The summed E-state index contributed by atoms with van der Waals surface area (Å²) < 4.78 is 46.0. The number of pyridine rings is 1. The van der Waals surface area contributed by atoms with Crippen LogP contribution in [0.15, 0.2) is 162 Å². The van der Waals surface area contributed by atoms with Crippen LogP contribution in [0.5, 0.6) is 0 Å². The van der Waals surface area contributed by atoms with Crippen molar-refractivity contribution in [3.05, 3.63) is 187 Å². The summed E-state index contributed by atoms with van der Waals surface area (Å²) in [4.78, 5) is 9.32. The molecule has 10 aromatic rings. The average Bonchev–Trinajstić information content (AvgIpc) is 3.86. The van der Waals surface area contributed by atoms with Gasteiger partial charge in [0, 0.05) is 42.8 Å². The molecule has 0 N–H and O–H groups in total. The molecule has 0 fully saturated rings. The maximum atomic E-state index is 12.3. The normalized spacial score (nSPS) is 11.7. The fourth-order valence-electron chi connectivity index (χ4n) is 7.95. The Morgan fingerprint density at radius 3 is 2.02 bits per heavy atom. The van der Waals surface area contributed by atoms with Gasteiger partial charge in [-0.15, -0.1) is 48.0 Å². The van der Waals surface area contributed by atoms with Crippen LogP contribution >= 0.6 is 0 Å². The molecular weight excluding hydrogens is 944 g/mol. The van der Waals surface area contributed by atoms with E-state index in [2.05, 4.69) is 159 Å². The van der Waals surface area contributed by atoms with E-state index < -0.39 is 11.7 Å². The van der Waals surface area contributed by atoms with Gasteiger partial charge in [0.15, 0.2) is 0 Å². The minimum atomic E-state index is -4.32. The summed E-state index contributed by atoms with van der Waals surface area (Å²) >= 11 is 0. The van der Waals surface area contributed by atoms with Crippen LogP contribution in [-0.4, -0.2) is 14.5 Å². The van der Waals surface area contributed by atoms with Gasteiger partial charge >= 0.3 is 6.18 Å². The van der Waals surface area contributed by atoms with Crippen LogP contribution in [0.4, 0.5) is 13.2 Å². The summed E-state index contributed by atoms with van der Waals surface area (Å²) in [6.45, 7) is 9.14. The van der Waals surface area contributed by atoms with Crippen LogP contribution in [-0.2, 0) is 26.3 Å². The van der Waals surface area contributed by atoms with Crippen LogP contribution in [0, 0.1) is 12.1 Å². The van der Waals surface area contributed by atoms with E-state index >= 15 is 0 Å². The van der Waals surface area contributed by atoms with E-state index in [0.717, 1.165) is 61.9 Å². The number of para-hydroxylation sites is 2. The first-order valence-electron chi connectivity index (χ1n) is 20.0. The van der Waals surface area contributed by atoms with E-state index in [0.29, 0.717) is 11.3 Å². The molecule has 1 radical (unpaired) electrons. The van der Waals surface area contributed by atoms with Crippen molar-refractivity contribution in [1.82, 2.24) is 14.5 Å². The van der Waals surface area contributed by atoms with Crippen LogP contribution < -0.4 is 0 Å². The second kappa shape index (κ2) is 17.0. The number of furan rings is 1. The van der Waals surface area contributed by atoms with Crippen molar-refractivity contribution in [3.63, 3.8) is 0 Å². The Morgan fingerprint density at radius 1 is 0.639 bits per heavy atom. The first kappa shape index (κ1) is 41.4. The molecule has 0 unspecified atom stereocenters. The molecular formula is C53H40F3IrN3O-2. The Kier molecular flexibility index (Phi) is 11.5. The fourth-order valence-corrected chi connectivity index (χ4v) is 7.95. The summed E-state index contributed by atoms with van der Waals surface area (Å²) in [7, 11) is 0. The first-order valence-corrected chi connectivity index (χ1v) is 20.0. The van der Waals surface area contributed by atoms with Crippen molar-refractivity contribution in [2.75, 3.05) is 0 Å². The van der Waals surface area contributed by atoms with Gasteiger partial charge in [-0.05, 0) is 81.1 Å². The van der Waals surface area contributed by atoms with Gasteiger partial charge in [-0.2, -0.15) is 13.2 Å². The third-order valence-corrected chi connectivity index (χ3v) is 10.9. The van der Waals surface area contributed by atoms with Crippen molar-refractivity contribution < 1.29 is 37.7 Å². The molecule has 0 aliphatic heterocycles. The Labute approximate surface area is 366 Å². The van der Waals surface area contributed by atoms with E-state index in [-0.39, 0.29) is 31.9 Å². The number of imidazole rings is 1. The zero-order valence-electron chi connectivity index (χ0n) is 33.9. The largest absolute Gasteiger partial charge is 0.500 e. The van der Waals surface area contributed by atoms with E-state index in [1.165, 1.54) is 39.4 Å². The number of halogens is 3. The number of nitrogens with zero attached hydrogens (tertiary/aromatic N) is 3. The molecule has 3 aromatic heterocycles. The van der Waals surface area contributed by atoms with Crippen LogP contribution in [0.2, 0.25) is 0 Å². The number of hydrogen-bond acceptors (Lipinski definition) is 3. The predicted octanol–water partition coefficient (Wildman–Crippen LogP) is 15.0. The topological polar surface area (TPSA) is 43.9 Å². The Bertz CT molecular complexity index is 3100.